The summed E-state index contributed by atoms with van der Waals surface area (Å²) in [5, 5.41) is 3.59. The molecule has 9 aromatic rings. The van der Waals surface area contributed by atoms with Crippen LogP contribution in [-0.4, -0.2) is 20.1 Å². The number of hydrogen-bond acceptors (Lipinski definition) is 3. The van der Waals surface area contributed by atoms with Crippen LogP contribution in [-0.2, 0) is 0 Å². The van der Waals surface area contributed by atoms with Crippen molar-refractivity contribution in [2.45, 2.75) is 5.92 Å². The van der Waals surface area contributed by atoms with Gasteiger partial charge in [0.05, 0.1) is 39.6 Å². The van der Waals surface area contributed by atoms with Gasteiger partial charge in [-0.15, -0.1) is 0 Å². The molecule has 4 heteroatoms. The molecule has 0 bridgehead atoms. The lowest BCUT2D eigenvalue weighted by Gasteiger charge is -2.27. The van der Waals surface area contributed by atoms with E-state index in [0.717, 1.165) is 61.4 Å². The quantitative estimate of drug-likeness (QED) is 0.183. The van der Waals surface area contributed by atoms with Gasteiger partial charge in [0, 0.05) is 33.7 Å². The molecule has 11 rings (SSSR count). The van der Waals surface area contributed by atoms with Gasteiger partial charge >= 0.3 is 0 Å². The van der Waals surface area contributed by atoms with Crippen molar-refractivity contribution in [1.82, 2.24) is 14.4 Å². The van der Waals surface area contributed by atoms with E-state index in [-0.39, 0.29) is 5.92 Å². The van der Waals surface area contributed by atoms with Crippen LogP contribution in [0.25, 0.3) is 71.9 Å². The van der Waals surface area contributed by atoms with Crippen LogP contribution in [0.4, 0.5) is 5.69 Å². The second kappa shape index (κ2) is 9.57. The topological polar surface area (TPSA) is 42.5 Å². The van der Waals surface area contributed by atoms with Crippen molar-refractivity contribution in [2.24, 2.45) is 4.99 Å². The average molecular weight is 611 g/mol. The zero-order valence-corrected chi connectivity index (χ0v) is 25.8. The van der Waals surface area contributed by atoms with E-state index in [4.69, 9.17) is 15.0 Å². The van der Waals surface area contributed by atoms with Gasteiger partial charge in [0.15, 0.2) is 0 Å². The van der Waals surface area contributed by atoms with Crippen molar-refractivity contribution < 1.29 is 0 Å². The second-order valence-corrected chi connectivity index (χ2v) is 12.8. The highest BCUT2D eigenvalue weighted by atomic mass is 15.0. The Morgan fingerprint density at radius 1 is 0.500 bits per heavy atom. The van der Waals surface area contributed by atoms with E-state index in [0.29, 0.717) is 0 Å². The summed E-state index contributed by atoms with van der Waals surface area (Å²) in [5.74, 6) is 0.145. The third kappa shape index (κ3) is 3.52. The highest BCUT2D eigenvalue weighted by Crippen LogP contribution is 2.49. The molecule has 0 spiro atoms. The number of rotatable bonds is 2. The number of para-hydroxylation sites is 4. The number of aromatic nitrogens is 3. The van der Waals surface area contributed by atoms with Crippen LogP contribution in [0.3, 0.4) is 0 Å². The lowest BCUT2D eigenvalue weighted by Crippen LogP contribution is -2.18. The highest BCUT2D eigenvalue weighted by molar-refractivity contribution is 6.18. The minimum atomic E-state index is 0.145. The molecule has 1 unspecified atom stereocenters. The van der Waals surface area contributed by atoms with Crippen LogP contribution in [0.2, 0.25) is 0 Å². The van der Waals surface area contributed by atoms with Crippen molar-refractivity contribution in [3.8, 4) is 33.5 Å². The Labute approximate surface area is 276 Å². The maximum atomic E-state index is 5.16. The Hall–Kier alpha value is -6.39. The standard InChI is InChI=1S/C44H26N4/c1-2-11-32-29(9-1)36-25-45-39(24-34(36)43-42(32)33-12-3-5-13-37(33)46-43)27-19-17-26(18-20-27)28-21-22-30-31-10-4-7-15-40(31)48-41-16-8-6-14-38(41)47-44(48)35(30)23-28/h1-25,42H. The molecule has 0 fully saturated rings. The first-order valence-electron chi connectivity index (χ1n) is 16.4. The Morgan fingerprint density at radius 2 is 1.23 bits per heavy atom. The number of aliphatic imine (C=N–C) groups is 1. The molecule has 3 aromatic heterocycles. The van der Waals surface area contributed by atoms with Crippen molar-refractivity contribution in [2.75, 3.05) is 0 Å². The summed E-state index contributed by atoms with van der Waals surface area (Å²) >= 11 is 0. The van der Waals surface area contributed by atoms with Gasteiger partial charge in [-0.1, -0.05) is 109 Å². The number of nitrogens with zero attached hydrogens (tertiary/aromatic N) is 4. The number of pyridine rings is 2. The molecule has 2 aliphatic rings. The lowest BCUT2D eigenvalue weighted by molar-refractivity contribution is 1.10. The van der Waals surface area contributed by atoms with Gasteiger partial charge in [-0.25, -0.2) is 4.98 Å². The average Bonchev–Trinajstić information content (AvgIpc) is 3.75. The van der Waals surface area contributed by atoms with Crippen molar-refractivity contribution in [1.29, 1.82) is 0 Å². The fourth-order valence-electron chi connectivity index (χ4n) is 8.06. The molecule has 48 heavy (non-hydrogen) atoms. The third-order valence-electron chi connectivity index (χ3n) is 10.3. The number of benzene rings is 6. The normalized spacial score (nSPS) is 14.6. The van der Waals surface area contributed by atoms with E-state index >= 15 is 0 Å². The summed E-state index contributed by atoms with van der Waals surface area (Å²) in [5.41, 5.74) is 17.0. The van der Waals surface area contributed by atoms with E-state index < -0.39 is 0 Å². The summed E-state index contributed by atoms with van der Waals surface area (Å²) in [7, 11) is 0. The number of hydrogen-bond donors (Lipinski definition) is 0. The van der Waals surface area contributed by atoms with Crippen molar-refractivity contribution >= 4 is 49.8 Å². The van der Waals surface area contributed by atoms with Crippen molar-refractivity contribution in [3.63, 3.8) is 0 Å². The van der Waals surface area contributed by atoms with Gasteiger partial charge < -0.3 is 0 Å². The van der Waals surface area contributed by atoms with E-state index in [2.05, 4.69) is 150 Å². The molecule has 1 aliphatic heterocycles. The summed E-state index contributed by atoms with van der Waals surface area (Å²) in [6.45, 7) is 0. The zero-order chi connectivity index (χ0) is 31.3. The first-order valence-corrected chi connectivity index (χ1v) is 16.4. The highest BCUT2D eigenvalue weighted by Gasteiger charge is 2.36. The van der Waals surface area contributed by atoms with Gasteiger partial charge in [-0.05, 0) is 69.6 Å². The summed E-state index contributed by atoms with van der Waals surface area (Å²) in [6, 6.07) is 52.0. The Bertz CT molecular complexity index is 2840. The SMILES string of the molecule is c1ccc2c(c1)N=C1c3cc(-c4ccc(-c5ccc6c7ccccc7n7c8ccccc8nc7c6c5)cc4)ncc3-c3ccccc3C12. The molecule has 0 saturated carbocycles. The van der Waals surface area contributed by atoms with E-state index in [9.17, 15) is 0 Å². The second-order valence-electron chi connectivity index (χ2n) is 12.8. The monoisotopic (exact) mass is 610 g/mol. The predicted molar refractivity (Wildman–Crippen MR) is 196 cm³/mol. The molecule has 0 N–H and O–H groups in total. The Kier molecular flexibility index (Phi) is 5.13. The Balaban J connectivity index is 1.02. The van der Waals surface area contributed by atoms with E-state index in [1.54, 1.807) is 0 Å². The minimum absolute atomic E-state index is 0.145. The summed E-state index contributed by atoms with van der Waals surface area (Å²) in [6.07, 6.45) is 2.03. The van der Waals surface area contributed by atoms with Crippen molar-refractivity contribution in [3.05, 3.63) is 168 Å². The first-order chi connectivity index (χ1) is 23.8. The van der Waals surface area contributed by atoms with Gasteiger partial charge in [-0.3, -0.25) is 14.4 Å². The van der Waals surface area contributed by atoms with Crippen LogP contribution in [0, 0.1) is 0 Å². The molecule has 4 heterocycles. The molecule has 6 aromatic carbocycles. The van der Waals surface area contributed by atoms with Crippen LogP contribution in [0.15, 0.2) is 157 Å². The maximum absolute atomic E-state index is 5.16. The summed E-state index contributed by atoms with van der Waals surface area (Å²) < 4.78 is 2.30. The minimum Gasteiger partial charge on any atom is -0.292 e. The molecule has 222 valence electrons. The lowest BCUT2D eigenvalue weighted by atomic mass is 9.75. The molecular weight excluding hydrogens is 585 g/mol. The van der Waals surface area contributed by atoms with Gasteiger partial charge in [0.25, 0.3) is 0 Å². The Morgan fingerprint density at radius 3 is 2.15 bits per heavy atom. The molecule has 0 radical (unpaired) electrons. The first kappa shape index (κ1) is 25.8. The largest absolute Gasteiger partial charge is 0.292 e. The molecule has 1 aliphatic carbocycles. The van der Waals surface area contributed by atoms with Gasteiger partial charge in [0.1, 0.15) is 5.65 Å². The van der Waals surface area contributed by atoms with Crippen LogP contribution >= 0.6 is 0 Å². The van der Waals surface area contributed by atoms with E-state index in [1.807, 2.05) is 6.20 Å². The fraction of sp³-hybridized carbons (Fsp3) is 0.0227. The van der Waals surface area contributed by atoms with Crippen LogP contribution < -0.4 is 0 Å². The van der Waals surface area contributed by atoms with Crippen LogP contribution in [0.1, 0.15) is 22.6 Å². The molecule has 1 atom stereocenters. The number of imidazole rings is 1. The van der Waals surface area contributed by atoms with Gasteiger partial charge in [0.2, 0.25) is 0 Å². The van der Waals surface area contributed by atoms with E-state index in [1.165, 1.54) is 38.5 Å². The number of fused-ring (bicyclic) bond motifs is 16. The predicted octanol–water partition coefficient (Wildman–Crippen LogP) is 10.8. The maximum Gasteiger partial charge on any atom is 0.146 e. The molecule has 0 saturated heterocycles. The smallest absolute Gasteiger partial charge is 0.146 e. The zero-order valence-electron chi connectivity index (χ0n) is 25.8. The fourth-order valence-corrected chi connectivity index (χ4v) is 8.06. The van der Waals surface area contributed by atoms with Gasteiger partial charge in [-0.2, -0.15) is 0 Å². The third-order valence-corrected chi connectivity index (χ3v) is 10.3. The summed E-state index contributed by atoms with van der Waals surface area (Å²) in [4.78, 5) is 15.3. The molecule has 4 nitrogen and oxygen atoms in total. The molecule has 0 amide bonds. The molecular formula is C44H26N4. The van der Waals surface area contributed by atoms with Crippen LogP contribution in [0.5, 0.6) is 0 Å².